The third kappa shape index (κ3) is 2.37. The highest BCUT2D eigenvalue weighted by molar-refractivity contribution is 6.31. The molecule has 0 aromatic heterocycles. The number of benzene rings is 3. The molecule has 1 aliphatic heterocycles. The number of hydrogen-bond acceptors (Lipinski definition) is 4. The maximum Gasteiger partial charge on any atom is 0.205 e. The van der Waals surface area contributed by atoms with Gasteiger partial charge in [-0.2, -0.15) is 5.26 Å². The summed E-state index contributed by atoms with van der Waals surface area (Å²) in [7, 11) is 0. The number of nitrogens with two attached hydrogens (primary N) is 1. The molecule has 122 valence electrons. The van der Waals surface area contributed by atoms with Crippen molar-refractivity contribution in [3.8, 4) is 17.6 Å². The largest absolute Gasteiger partial charge is 0.508 e. The van der Waals surface area contributed by atoms with E-state index in [9.17, 15) is 10.4 Å². The van der Waals surface area contributed by atoms with Gasteiger partial charge in [-0.05, 0) is 40.6 Å². The van der Waals surface area contributed by atoms with E-state index in [4.69, 9.17) is 22.1 Å². The van der Waals surface area contributed by atoms with Crippen LogP contribution in [0.3, 0.4) is 0 Å². The Labute approximate surface area is 149 Å². The second-order valence-electron chi connectivity index (χ2n) is 5.83. The molecule has 25 heavy (non-hydrogen) atoms. The second kappa shape index (κ2) is 5.73. The Bertz CT molecular complexity index is 1080. The minimum Gasteiger partial charge on any atom is -0.508 e. The van der Waals surface area contributed by atoms with Crippen molar-refractivity contribution in [3.05, 3.63) is 82.2 Å². The third-order valence-corrected chi connectivity index (χ3v) is 4.75. The van der Waals surface area contributed by atoms with Gasteiger partial charge in [0.25, 0.3) is 0 Å². The first kappa shape index (κ1) is 15.4. The lowest BCUT2D eigenvalue weighted by Gasteiger charge is -2.28. The molecule has 3 aromatic rings. The molecule has 4 rings (SSSR count). The van der Waals surface area contributed by atoms with Crippen LogP contribution in [0.1, 0.15) is 17.0 Å². The number of phenolic OH excluding ortho intramolecular Hbond substituents is 1. The van der Waals surface area contributed by atoms with Crippen LogP contribution in [0.4, 0.5) is 0 Å². The molecule has 0 saturated heterocycles. The molecule has 4 nitrogen and oxygen atoms in total. The third-order valence-electron chi connectivity index (χ3n) is 4.41. The Kier molecular flexibility index (Phi) is 3.52. The predicted octanol–water partition coefficient (Wildman–Crippen LogP) is 4.42. The quantitative estimate of drug-likeness (QED) is 0.682. The summed E-state index contributed by atoms with van der Waals surface area (Å²) in [5.41, 5.74) is 7.84. The Balaban J connectivity index is 2.11. The first-order valence-electron chi connectivity index (χ1n) is 7.68. The number of ether oxygens (including phenoxy) is 1. The molecule has 0 radical (unpaired) electrons. The van der Waals surface area contributed by atoms with Crippen molar-refractivity contribution in [2.45, 2.75) is 5.92 Å². The summed E-state index contributed by atoms with van der Waals surface area (Å²) in [5.74, 6) is 0.298. The summed E-state index contributed by atoms with van der Waals surface area (Å²) >= 11 is 6.41. The molecule has 0 saturated carbocycles. The van der Waals surface area contributed by atoms with Crippen LogP contribution < -0.4 is 10.5 Å². The van der Waals surface area contributed by atoms with Crippen molar-refractivity contribution in [1.82, 2.24) is 0 Å². The van der Waals surface area contributed by atoms with Gasteiger partial charge >= 0.3 is 0 Å². The topological polar surface area (TPSA) is 79.3 Å². The molecule has 1 heterocycles. The SMILES string of the molecule is N#CC1=C(N)Oc2ccc3ccc(O)cc3c2C1c1ccccc1Cl. The zero-order valence-electron chi connectivity index (χ0n) is 13.0. The number of nitrogens with zero attached hydrogens (tertiary/aromatic N) is 1. The molecule has 0 spiro atoms. The fraction of sp³-hybridized carbons (Fsp3) is 0.0500. The van der Waals surface area contributed by atoms with E-state index >= 15 is 0 Å². The second-order valence-corrected chi connectivity index (χ2v) is 6.24. The number of rotatable bonds is 1. The molecule has 0 fully saturated rings. The van der Waals surface area contributed by atoms with Crippen LogP contribution in [0.5, 0.6) is 11.5 Å². The summed E-state index contributed by atoms with van der Waals surface area (Å²) in [4.78, 5) is 0. The maximum atomic E-state index is 9.95. The molecule has 0 aliphatic carbocycles. The highest BCUT2D eigenvalue weighted by Crippen LogP contribution is 2.47. The van der Waals surface area contributed by atoms with E-state index in [1.54, 1.807) is 18.2 Å². The zero-order chi connectivity index (χ0) is 17.6. The van der Waals surface area contributed by atoms with Crippen molar-refractivity contribution in [1.29, 1.82) is 5.26 Å². The van der Waals surface area contributed by atoms with Crippen LogP contribution >= 0.6 is 11.6 Å². The van der Waals surface area contributed by atoms with E-state index in [0.717, 1.165) is 21.9 Å². The molecule has 3 N–H and O–H groups in total. The summed E-state index contributed by atoms with van der Waals surface area (Å²) in [5, 5.41) is 21.9. The molecule has 5 heteroatoms. The zero-order valence-corrected chi connectivity index (χ0v) is 13.8. The number of halogens is 1. The number of aromatic hydroxyl groups is 1. The van der Waals surface area contributed by atoms with Gasteiger partial charge in [0.2, 0.25) is 5.88 Å². The standard InChI is InChI=1S/C20H13ClN2O2/c21-16-4-2-1-3-13(16)18-15(10-22)20(23)25-17-8-6-11-5-7-12(24)9-14(11)19(17)18/h1-9,18,24H,23H2. The summed E-state index contributed by atoms with van der Waals surface area (Å²) in [6.07, 6.45) is 0. The maximum absolute atomic E-state index is 9.95. The Hall–Kier alpha value is -3.16. The van der Waals surface area contributed by atoms with E-state index in [-0.39, 0.29) is 11.6 Å². The highest BCUT2D eigenvalue weighted by Gasteiger charge is 2.33. The van der Waals surface area contributed by atoms with E-state index < -0.39 is 5.92 Å². The highest BCUT2D eigenvalue weighted by atomic mass is 35.5. The van der Waals surface area contributed by atoms with Crippen LogP contribution in [-0.2, 0) is 0 Å². The van der Waals surface area contributed by atoms with Gasteiger partial charge in [0.1, 0.15) is 23.1 Å². The van der Waals surface area contributed by atoms with Crippen LogP contribution in [0.25, 0.3) is 10.8 Å². The van der Waals surface area contributed by atoms with E-state index in [1.807, 2.05) is 36.4 Å². The first-order chi connectivity index (χ1) is 12.1. The molecule has 0 bridgehead atoms. The lowest BCUT2D eigenvalue weighted by molar-refractivity contribution is 0.395. The summed E-state index contributed by atoms with van der Waals surface area (Å²) in [6, 6.07) is 18.3. The van der Waals surface area contributed by atoms with Crippen molar-refractivity contribution in [3.63, 3.8) is 0 Å². The van der Waals surface area contributed by atoms with Gasteiger partial charge < -0.3 is 15.6 Å². The predicted molar refractivity (Wildman–Crippen MR) is 96.4 cm³/mol. The van der Waals surface area contributed by atoms with Gasteiger partial charge in [-0.1, -0.05) is 41.9 Å². The Morgan fingerprint density at radius 1 is 1.12 bits per heavy atom. The molecular weight excluding hydrogens is 336 g/mol. The van der Waals surface area contributed by atoms with Gasteiger partial charge in [-0.3, -0.25) is 0 Å². The van der Waals surface area contributed by atoms with Gasteiger partial charge in [-0.25, -0.2) is 0 Å². The number of allylic oxidation sites excluding steroid dienone is 1. The van der Waals surface area contributed by atoms with E-state index in [2.05, 4.69) is 6.07 Å². The van der Waals surface area contributed by atoms with Crippen molar-refractivity contribution in [2.75, 3.05) is 0 Å². The summed E-state index contributed by atoms with van der Waals surface area (Å²) < 4.78 is 5.69. The van der Waals surface area contributed by atoms with Crippen molar-refractivity contribution >= 4 is 22.4 Å². The molecule has 1 unspecified atom stereocenters. The van der Waals surface area contributed by atoms with Crippen LogP contribution in [0.15, 0.2) is 66.1 Å². The smallest absolute Gasteiger partial charge is 0.205 e. The lowest BCUT2D eigenvalue weighted by Crippen LogP contribution is -2.21. The number of phenols is 1. The van der Waals surface area contributed by atoms with Crippen molar-refractivity contribution in [2.24, 2.45) is 5.73 Å². The molecular formula is C20H13ClN2O2. The fourth-order valence-corrected chi connectivity index (χ4v) is 3.54. The fourth-order valence-electron chi connectivity index (χ4n) is 3.30. The Morgan fingerprint density at radius 3 is 2.64 bits per heavy atom. The number of fused-ring (bicyclic) bond motifs is 3. The van der Waals surface area contributed by atoms with Crippen molar-refractivity contribution < 1.29 is 9.84 Å². The number of hydrogen-bond donors (Lipinski definition) is 2. The van der Waals surface area contributed by atoms with E-state index in [0.29, 0.717) is 16.3 Å². The lowest BCUT2D eigenvalue weighted by atomic mass is 9.81. The van der Waals surface area contributed by atoms with Crippen LogP contribution in [0, 0.1) is 11.3 Å². The molecule has 1 aliphatic rings. The normalized spacial score (nSPS) is 16.2. The van der Waals surface area contributed by atoms with Gasteiger partial charge in [0, 0.05) is 10.6 Å². The number of nitriles is 1. The van der Waals surface area contributed by atoms with Gasteiger partial charge in [0.15, 0.2) is 0 Å². The van der Waals surface area contributed by atoms with Crippen LogP contribution in [-0.4, -0.2) is 5.11 Å². The van der Waals surface area contributed by atoms with Gasteiger partial charge in [-0.15, -0.1) is 0 Å². The minimum absolute atomic E-state index is 0.0689. The Morgan fingerprint density at radius 2 is 1.88 bits per heavy atom. The monoisotopic (exact) mass is 348 g/mol. The summed E-state index contributed by atoms with van der Waals surface area (Å²) in [6.45, 7) is 0. The average Bonchev–Trinajstić information content (AvgIpc) is 2.61. The molecule has 1 atom stereocenters. The average molecular weight is 349 g/mol. The minimum atomic E-state index is -0.465. The van der Waals surface area contributed by atoms with Crippen LogP contribution in [0.2, 0.25) is 5.02 Å². The molecule has 3 aromatic carbocycles. The van der Waals surface area contributed by atoms with Gasteiger partial charge in [0.05, 0.1) is 5.92 Å². The van der Waals surface area contributed by atoms with E-state index in [1.165, 1.54) is 0 Å². The first-order valence-corrected chi connectivity index (χ1v) is 8.05. The molecule has 0 amide bonds.